The average molecular weight is 384 g/mol. The zero-order valence-electron chi connectivity index (χ0n) is 15.5. The Bertz CT molecular complexity index is 933. The van der Waals surface area contributed by atoms with Crippen LogP contribution in [-0.2, 0) is 22.9 Å². The van der Waals surface area contributed by atoms with Gasteiger partial charge in [-0.3, -0.25) is 4.79 Å². The summed E-state index contributed by atoms with van der Waals surface area (Å²) in [7, 11) is -3.24. The maximum Gasteiger partial charge on any atom is 0.211 e. The van der Waals surface area contributed by atoms with Crippen LogP contribution in [0.2, 0.25) is 0 Å². The minimum atomic E-state index is -3.24. The van der Waals surface area contributed by atoms with Crippen molar-refractivity contribution in [2.75, 3.05) is 5.75 Å². The van der Waals surface area contributed by atoms with E-state index in [2.05, 4.69) is 4.72 Å². The molecular formula is C22H25NO3S. The van der Waals surface area contributed by atoms with Crippen LogP contribution in [0.15, 0.2) is 54.6 Å². The average Bonchev–Trinajstić information content (AvgIpc) is 3.05. The van der Waals surface area contributed by atoms with Crippen molar-refractivity contribution in [1.82, 2.24) is 4.72 Å². The lowest BCUT2D eigenvalue weighted by Crippen LogP contribution is -2.36. The zero-order valence-corrected chi connectivity index (χ0v) is 16.3. The third-order valence-electron chi connectivity index (χ3n) is 4.76. The van der Waals surface area contributed by atoms with Crippen molar-refractivity contribution in [3.8, 4) is 0 Å². The van der Waals surface area contributed by atoms with Crippen molar-refractivity contribution >= 4 is 21.9 Å². The van der Waals surface area contributed by atoms with Crippen molar-refractivity contribution in [2.24, 2.45) is 0 Å². The number of sulfonamides is 1. The fourth-order valence-electron chi connectivity index (χ4n) is 3.33. The Morgan fingerprint density at radius 1 is 1.11 bits per heavy atom. The minimum Gasteiger partial charge on any atom is -0.289 e. The van der Waals surface area contributed by atoms with Gasteiger partial charge in [-0.2, -0.15) is 0 Å². The lowest BCUT2D eigenvalue weighted by molar-refractivity contribution is 0.104. The molecule has 0 aromatic heterocycles. The molecule has 1 aliphatic rings. The maximum absolute atomic E-state index is 12.4. The summed E-state index contributed by atoms with van der Waals surface area (Å²) in [5.74, 6) is 0.123. The number of fused-ring (bicyclic) bond motifs is 1. The Hall–Kier alpha value is -2.24. The molecule has 0 radical (unpaired) electrons. The Labute approximate surface area is 161 Å². The first kappa shape index (κ1) is 19.5. The second-order valence-corrected chi connectivity index (χ2v) is 8.86. The summed E-state index contributed by atoms with van der Waals surface area (Å²) in [5, 5.41) is 0. The number of carbonyl (C=O) groups is 1. The first-order valence-electron chi connectivity index (χ1n) is 9.36. The predicted molar refractivity (Wildman–Crippen MR) is 109 cm³/mol. The molecule has 2 aromatic carbocycles. The number of unbranched alkanes of at least 4 members (excludes halogenated alkanes) is 1. The summed E-state index contributed by atoms with van der Waals surface area (Å²) in [6.07, 6.45) is 6.21. The fraction of sp³-hybridized carbons (Fsp3) is 0.318. The van der Waals surface area contributed by atoms with Crippen LogP contribution in [0.25, 0.3) is 6.08 Å². The van der Waals surface area contributed by atoms with Crippen molar-refractivity contribution in [3.05, 3.63) is 76.9 Å². The van der Waals surface area contributed by atoms with Gasteiger partial charge in [-0.25, -0.2) is 13.1 Å². The van der Waals surface area contributed by atoms with Gasteiger partial charge < -0.3 is 0 Å². The predicted octanol–water partition coefficient (Wildman–Crippen LogP) is 3.77. The number of allylic oxidation sites excluding steroid dienone is 1. The number of carbonyl (C=O) groups excluding carboxylic acids is 1. The third-order valence-corrected chi connectivity index (χ3v) is 6.28. The van der Waals surface area contributed by atoms with Gasteiger partial charge in [0.05, 0.1) is 5.75 Å². The van der Waals surface area contributed by atoms with E-state index in [1.54, 1.807) is 12.2 Å². The molecule has 0 spiro atoms. The van der Waals surface area contributed by atoms with E-state index in [4.69, 9.17) is 0 Å². The number of rotatable bonds is 8. The van der Waals surface area contributed by atoms with Gasteiger partial charge in [0.1, 0.15) is 0 Å². The molecule has 0 heterocycles. The molecule has 0 aliphatic heterocycles. The Morgan fingerprint density at radius 3 is 2.59 bits per heavy atom. The second kappa shape index (κ2) is 8.63. The molecule has 1 unspecified atom stereocenters. The highest BCUT2D eigenvalue weighted by molar-refractivity contribution is 7.89. The highest BCUT2D eigenvalue weighted by Gasteiger charge is 2.25. The molecule has 4 nitrogen and oxygen atoms in total. The zero-order chi connectivity index (χ0) is 19.3. The maximum atomic E-state index is 12.4. The molecule has 0 saturated carbocycles. The van der Waals surface area contributed by atoms with E-state index >= 15 is 0 Å². The third kappa shape index (κ3) is 5.37. The van der Waals surface area contributed by atoms with Crippen LogP contribution in [0.4, 0.5) is 0 Å². The Morgan fingerprint density at radius 2 is 1.85 bits per heavy atom. The molecule has 0 saturated heterocycles. The fourth-order valence-corrected chi connectivity index (χ4v) is 4.80. The van der Waals surface area contributed by atoms with Crippen molar-refractivity contribution in [3.63, 3.8) is 0 Å². The number of ketones is 1. The van der Waals surface area contributed by atoms with Crippen LogP contribution in [0, 0.1) is 0 Å². The smallest absolute Gasteiger partial charge is 0.211 e. The quantitative estimate of drug-likeness (QED) is 0.557. The van der Waals surface area contributed by atoms with E-state index in [-0.39, 0.29) is 17.6 Å². The lowest BCUT2D eigenvalue weighted by atomic mass is 10.0. The number of benzene rings is 2. The molecule has 27 heavy (non-hydrogen) atoms. The van der Waals surface area contributed by atoms with E-state index in [9.17, 15) is 13.2 Å². The van der Waals surface area contributed by atoms with Crippen LogP contribution in [0.3, 0.4) is 0 Å². The van der Waals surface area contributed by atoms with Gasteiger partial charge in [0.15, 0.2) is 5.78 Å². The molecule has 142 valence electrons. The van der Waals surface area contributed by atoms with Crippen molar-refractivity contribution in [1.29, 1.82) is 0 Å². The van der Waals surface area contributed by atoms with E-state index in [1.165, 1.54) is 0 Å². The molecular weight excluding hydrogens is 358 g/mol. The van der Waals surface area contributed by atoms with Gasteiger partial charge in [-0.05, 0) is 48.1 Å². The summed E-state index contributed by atoms with van der Waals surface area (Å²) < 4.78 is 27.0. The summed E-state index contributed by atoms with van der Waals surface area (Å²) in [5.41, 5.74) is 3.78. The highest BCUT2D eigenvalue weighted by atomic mass is 32.2. The van der Waals surface area contributed by atoms with Crippen LogP contribution in [0.1, 0.15) is 46.8 Å². The van der Waals surface area contributed by atoms with Crippen LogP contribution in [0.5, 0.6) is 0 Å². The second-order valence-electron chi connectivity index (χ2n) is 6.99. The molecule has 1 N–H and O–H groups in total. The summed E-state index contributed by atoms with van der Waals surface area (Å²) >= 11 is 0. The monoisotopic (exact) mass is 383 g/mol. The van der Waals surface area contributed by atoms with Gasteiger partial charge in [0.25, 0.3) is 0 Å². The van der Waals surface area contributed by atoms with E-state index in [1.807, 2.05) is 55.5 Å². The summed E-state index contributed by atoms with van der Waals surface area (Å²) in [6, 6.07) is 15.2. The SMILES string of the molecule is CCCCS(=O)(=O)NC1Cc2ccc(C(=O)C=Cc3ccccc3)cc2C1. The molecule has 0 amide bonds. The van der Waals surface area contributed by atoms with Crippen molar-refractivity contribution < 1.29 is 13.2 Å². The lowest BCUT2D eigenvalue weighted by Gasteiger charge is -2.12. The largest absolute Gasteiger partial charge is 0.289 e. The summed E-state index contributed by atoms with van der Waals surface area (Å²) in [6.45, 7) is 1.98. The van der Waals surface area contributed by atoms with E-state index in [0.717, 1.165) is 23.1 Å². The van der Waals surface area contributed by atoms with Crippen LogP contribution in [-0.4, -0.2) is 26.0 Å². The van der Waals surface area contributed by atoms with Crippen molar-refractivity contribution in [2.45, 2.75) is 38.6 Å². The standard InChI is InChI=1S/C22H25NO3S/c1-2-3-13-27(25,26)23-21-15-18-10-11-19(14-20(18)16-21)22(24)12-9-17-7-5-4-6-8-17/h4-12,14,21,23H,2-3,13,15-16H2,1H3. The summed E-state index contributed by atoms with van der Waals surface area (Å²) in [4.78, 5) is 12.4. The molecule has 0 bridgehead atoms. The molecule has 2 aromatic rings. The number of nitrogens with one attached hydrogen (secondary N) is 1. The molecule has 1 atom stereocenters. The minimum absolute atomic E-state index is 0.0476. The van der Waals surface area contributed by atoms with Gasteiger partial charge >= 0.3 is 0 Å². The highest BCUT2D eigenvalue weighted by Crippen LogP contribution is 2.24. The topological polar surface area (TPSA) is 63.2 Å². The molecule has 1 aliphatic carbocycles. The van der Waals surface area contributed by atoms with Gasteiger partial charge in [-0.15, -0.1) is 0 Å². The number of hydrogen-bond acceptors (Lipinski definition) is 3. The van der Waals surface area contributed by atoms with Crippen LogP contribution >= 0.6 is 0 Å². The first-order chi connectivity index (χ1) is 13.0. The van der Waals surface area contributed by atoms with Crippen LogP contribution < -0.4 is 4.72 Å². The molecule has 0 fully saturated rings. The Kier molecular flexibility index (Phi) is 6.24. The van der Waals surface area contributed by atoms with E-state index in [0.29, 0.717) is 24.8 Å². The van der Waals surface area contributed by atoms with E-state index < -0.39 is 10.0 Å². The number of hydrogen-bond donors (Lipinski definition) is 1. The first-order valence-corrected chi connectivity index (χ1v) is 11.0. The molecule has 5 heteroatoms. The van der Waals surface area contributed by atoms with Gasteiger partial charge in [0, 0.05) is 11.6 Å². The Balaban J connectivity index is 1.66. The van der Waals surface area contributed by atoms with Gasteiger partial charge in [0.2, 0.25) is 10.0 Å². The normalized spacial score (nSPS) is 16.6. The van der Waals surface area contributed by atoms with Gasteiger partial charge in [-0.1, -0.05) is 61.9 Å². The molecule has 3 rings (SSSR count).